The van der Waals surface area contributed by atoms with Crippen LogP contribution < -0.4 is 0 Å². The number of hydrogen-bond acceptors (Lipinski definition) is 2. The van der Waals surface area contributed by atoms with E-state index in [9.17, 15) is 13.2 Å². The number of aliphatic hydroxyl groups excluding tert-OH is 1. The summed E-state index contributed by atoms with van der Waals surface area (Å²) in [5.41, 5.74) is 0. The molecule has 0 atom stereocenters. The van der Waals surface area contributed by atoms with E-state index in [1.807, 2.05) is 6.92 Å². The van der Waals surface area contributed by atoms with Gasteiger partial charge < -0.3 is 5.11 Å². The Hall–Kier alpha value is -0.290. The molecule has 0 spiro atoms. The topological polar surface area (TPSA) is 23.5 Å². The van der Waals surface area contributed by atoms with Crippen molar-refractivity contribution in [3.63, 3.8) is 0 Å². The first-order valence-corrected chi connectivity index (χ1v) is 4.39. The van der Waals surface area contributed by atoms with E-state index >= 15 is 0 Å². The van der Waals surface area contributed by atoms with Crippen LogP contribution in [0.2, 0.25) is 0 Å². The van der Waals surface area contributed by atoms with Gasteiger partial charge >= 0.3 is 6.18 Å². The highest BCUT2D eigenvalue weighted by atomic mass is 19.4. The minimum Gasteiger partial charge on any atom is -0.396 e. The van der Waals surface area contributed by atoms with Crippen LogP contribution in [0.5, 0.6) is 0 Å². The van der Waals surface area contributed by atoms with Crippen LogP contribution in [0.25, 0.3) is 0 Å². The van der Waals surface area contributed by atoms with Gasteiger partial charge in [-0.1, -0.05) is 6.92 Å². The molecule has 0 bridgehead atoms. The average Bonchev–Trinajstić information content (AvgIpc) is 1.98. The van der Waals surface area contributed by atoms with Crippen molar-refractivity contribution >= 4 is 0 Å². The molecule has 5 heteroatoms. The van der Waals surface area contributed by atoms with Crippen LogP contribution in [-0.4, -0.2) is 42.4 Å². The van der Waals surface area contributed by atoms with Crippen LogP contribution in [0, 0.1) is 0 Å². The van der Waals surface area contributed by atoms with Crippen LogP contribution in [0.4, 0.5) is 13.2 Å². The van der Waals surface area contributed by atoms with Crippen LogP contribution >= 0.6 is 0 Å². The normalized spacial score (nSPS) is 12.5. The molecule has 0 amide bonds. The lowest BCUT2D eigenvalue weighted by atomic mass is 10.3. The van der Waals surface area contributed by atoms with Gasteiger partial charge in [-0.25, -0.2) is 0 Å². The Bertz CT molecular complexity index is 127. The molecule has 0 heterocycles. The summed E-state index contributed by atoms with van der Waals surface area (Å²) in [5, 5.41) is 8.47. The summed E-state index contributed by atoms with van der Waals surface area (Å²) in [4.78, 5) is 1.32. The molecule has 0 aliphatic carbocycles. The van der Waals surface area contributed by atoms with Crippen LogP contribution in [-0.2, 0) is 0 Å². The average molecular weight is 199 g/mol. The van der Waals surface area contributed by atoms with E-state index in [1.54, 1.807) is 0 Å². The van der Waals surface area contributed by atoms with Gasteiger partial charge in [-0.05, 0) is 19.4 Å². The summed E-state index contributed by atoms with van der Waals surface area (Å²) in [7, 11) is 0. The first-order chi connectivity index (χ1) is 5.99. The number of aliphatic hydroxyl groups is 1. The molecule has 0 aromatic rings. The second-order valence-electron chi connectivity index (χ2n) is 2.97. The maximum atomic E-state index is 12.0. The largest absolute Gasteiger partial charge is 0.401 e. The summed E-state index contributed by atoms with van der Waals surface area (Å²) < 4.78 is 35.9. The Kier molecular flexibility index (Phi) is 6.07. The van der Waals surface area contributed by atoms with Crippen LogP contribution in [0.1, 0.15) is 19.8 Å². The standard InChI is InChI=1S/C8H16F3NO/c1-2-4-12(5-3-6-13)7-8(9,10)11/h13H,2-7H2,1H3. The smallest absolute Gasteiger partial charge is 0.396 e. The minimum atomic E-state index is -4.13. The van der Waals surface area contributed by atoms with E-state index < -0.39 is 12.7 Å². The fourth-order valence-electron chi connectivity index (χ4n) is 1.13. The first kappa shape index (κ1) is 12.7. The molecular formula is C8H16F3NO. The van der Waals surface area contributed by atoms with E-state index in [4.69, 9.17) is 5.11 Å². The molecule has 80 valence electrons. The number of hydrogen-bond donors (Lipinski definition) is 1. The Balaban J connectivity index is 3.79. The number of rotatable bonds is 6. The summed E-state index contributed by atoms with van der Waals surface area (Å²) in [6, 6.07) is 0. The lowest BCUT2D eigenvalue weighted by Gasteiger charge is -2.22. The summed E-state index contributed by atoms with van der Waals surface area (Å²) in [6.45, 7) is 1.64. The van der Waals surface area contributed by atoms with Gasteiger partial charge in [0.1, 0.15) is 0 Å². The molecule has 0 aliphatic heterocycles. The number of halogens is 3. The Morgan fingerprint density at radius 2 is 1.85 bits per heavy atom. The molecule has 0 rings (SSSR count). The van der Waals surface area contributed by atoms with Crippen molar-refractivity contribution in [1.29, 1.82) is 0 Å². The highest BCUT2D eigenvalue weighted by Crippen LogP contribution is 2.16. The summed E-state index contributed by atoms with van der Waals surface area (Å²) in [6.07, 6.45) is -3.04. The van der Waals surface area contributed by atoms with Crippen LogP contribution in [0.15, 0.2) is 0 Å². The van der Waals surface area contributed by atoms with Gasteiger partial charge in [-0.2, -0.15) is 13.2 Å². The fraction of sp³-hybridized carbons (Fsp3) is 1.00. The van der Waals surface area contributed by atoms with Gasteiger partial charge in [0.2, 0.25) is 0 Å². The summed E-state index contributed by atoms with van der Waals surface area (Å²) in [5.74, 6) is 0. The molecular weight excluding hydrogens is 183 g/mol. The van der Waals surface area contributed by atoms with E-state index in [-0.39, 0.29) is 6.61 Å². The van der Waals surface area contributed by atoms with Crippen molar-refractivity contribution in [1.82, 2.24) is 4.90 Å². The second kappa shape index (κ2) is 6.21. The molecule has 0 saturated carbocycles. The molecule has 0 aliphatic rings. The van der Waals surface area contributed by atoms with Gasteiger partial charge in [0, 0.05) is 13.2 Å². The molecule has 0 fully saturated rings. The zero-order chi connectivity index (χ0) is 10.3. The predicted molar refractivity (Wildman–Crippen MR) is 44.5 cm³/mol. The van der Waals surface area contributed by atoms with E-state index in [1.165, 1.54) is 4.90 Å². The first-order valence-electron chi connectivity index (χ1n) is 4.39. The Labute approximate surface area is 76.3 Å². The maximum absolute atomic E-state index is 12.0. The van der Waals surface area contributed by atoms with Gasteiger partial charge in [0.05, 0.1) is 6.54 Å². The van der Waals surface area contributed by atoms with Crippen LogP contribution in [0.3, 0.4) is 0 Å². The van der Waals surface area contributed by atoms with Crippen molar-refractivity contribution in [2.75, 3.05) is 26.2 Å². The van der Waals surface area contributed by atoms with E-state index in [0.29, 0.717) is 25.9 Å². The molecule has 13 heavy (non-hydrogen) atoms. The van der Waals surface area contributed by atoms with Crippen molar-refractivity contribution in [3.05, 3.63) is 0 Å². The third kappa shape index (κ3) is 8.05. The molecule has 0 saturated heterocycles. The minimum absolute atomic E-state index is 0.0575. The van der Waals surface area contributed by atoms with Crippen molar-refractivity contribution < 1.29 is 18.3 Å². The van der Waals surface area contributed by atoms with Gasteiger partial charge in [-0.15, -0.1) is 0 Å². The lowest BCUT2D eigenvalue weighted by Crippen LogP contribution is -2.35. The number of nitrogens with zero attached hydrogens (tertiary/aromatic N) is 1. The van der Waals surface area contributed by atoms with Crippen molar-refractivity contribution in [3.8, 4) is 0 Å². The highest BCUT2D eigenvalue weighted by Gasteiger charge is 2.29. The van der Waals surface area contributed by atoms with Gasteiger partial charge in [0.25, 0.3) is 0 Å². The third-order valence-electron chi connectivity index (χ3n) is 1.58. The quantitative estimate of drug-likeness (QED) is 0.703. The molecule has 1 N–H and O–H groups in total. The maximum Gasteiger partial charge on any atom is 0.401 e. The third-order valence-corrected chi connectivity index (χ3v) is 1.58. The Morgan fingerprint density at radius 3 is 2.23 bits per heavy atom. The monoisotopic (exact) mass is 199 g/mol. The van der Waals surface area contributed by atoms with Gasteiger partial charge in [-0.3, -0.25) is 4.90 Å². The second-order valence-corrected chi connectivity index (χ2v) is 2.97. The lowest BCUT2D eigenvalue weighted by molar-refractivity contribution is -0.146. The molecule has 0 unspecified atom stereocenters. The molecule has 2 nitrogen and oxygen atoms in total. The predicted octanol–water partition coefficient (Wildman–Crippen LogP) is 1.64. The van der Waals surface area contributed by atoms with Crippen molar-refractivity contribution in [2.45, 2.75) is 25.9 Å². The number of alkyl halides is 3. The van der Waals surface area contributed by atoms with Crippen molar-refractivity contribution in [2.24, 2.45) is 0 Å². The highest BCUT2D eigenvalue weighted by molar-refractivity contribution is 4.62. The zero-order valence-corrected chi connectivity index (χ0v) is 7.77. The SMILES string of the molecule is CCCN(CCCO)CC(F)(F)F. The Morgan fingerprint density at radius 1 is 1.23 bits per heavy atom. The van der Waals surface area contributed by atoms with E-state index in [0.717, 1.165) is 0 Å². The molecule has 0 radical (unpaired) electrons. The summed E-state index contributed by atoms with van der Waals surface area (Å²) >= 11 is 0. The molecule has 0 aromatic heterocycles. The fourth-order valence-corrected chi connectivity index (χ4v) is 1.13. The molecule has 0 aromatic carbocycles. The van der Waals surface area contributed by atoms with Gasteiger partial charge in [0.15, 0.2) is 0 Å². The van der Waals surface area contributed by atoms with E-state index in [2.05, 4.69) is 0 Å². The zero-order valence-electron chi connectivity index (χ0n) is 7.77.